The molecule has 12 heavy (non-hydrogen) atoms. The maximum atomic E-state index is 10.9. The van der Waals surface area contributed by atoms with Crippen molar-refractivity contribution >= 4 is 5.91 Å². The number of nitrogens with two attached hydrogens (primary N) is 1. The number of nitrogens with zero attached hydrogens (tertiary/aromatic N) is 2. The summed E-state index contributed by atoms with van der Waals surface area (Å²) in [4.78, 5) is 10.9. The first kappa shape index (κ1) is 8.73. The summed E-state index contributed by atoms with van der Waals surface area (Å²) in [6, 6.07) is 0. The highest BCUT2D eigenvalue weighted by Crippen LogP contribution is 1.97. The number of hydrogen-bond donors (Lipinski definition) is 2. The van der Waals surface area contributed by atoms with E-state index in [9.17, 15) is 4.79 Å². The van der Waals surface area contributed by atoms with Crippen molar-refractivity contribution in [2.24, 2.45) is 5.84 Å². The van der Waals surface area contributed by atoms with E-state index in [1.807, 2.05) is 12.3 Å². The summed E-state index contributed by atoms with van der Waals surface area (Å²) in [5.74, 6) is 4.64. The molecule has 66 valence electrons. The van der Waals surface area contributed by atoms with Gasteiger partial charge in [-0.1, -0.05) is 6.92 Å². The van der Waals surface area contributed by atoms with Crippen molar-refractivity contribution in [1.82, 2.24) is 15.2 Å². The lowest BCUT2D eigenvalue weighted by Crippen LogP contribution is -2.29. The first-order valence-electron chi connectivity index (χ1n) is 3.81. The van der Waals surface area contributed by atoms with Gasteiger partial charge in [-0.25, -0.2) is 5.84 Å². The minimum Gasteiger partial charge on any atom is -0.290 e. The lowest BCUT2D eigenvalue weighted by molar-refractivity contribution is 0.0953. The fraction of sp³-hybridized carbons (Fsp3) is 0.429. The number of hydrazine groups is 1. The van der Waals surface area contributed by atoms with E-state index in [4.69, 9.17) is 5.84 Å². The van der Waals surface area contributed by atoms with Crippen molar-refractivity contribution in [3.63, 3.8) is 0 Å². The Kier molecular flexibility index (Phi) is 2.82. The zero-order valence-corrected chi connectivity index (χ0v) is 6.95. The van der Waals surface area contributed by atoms with Crippen LogP contribution in [0.2, 0.25) is 0 Å². The molecule has 0 atom stereocenters. The number of aromatic nitrogens is 2. The van der Waals surface area contributed by atoms with Gasteiger partial charge in [0.25, 0.3) is 5.91 Å². The topological polar surface area (TPSA) is 72.9 Å². The number of rotatable bonds is 3. The number of carbonyl (C=O) groups is 1. The van der Waals surface area contributed by atoms with Crippen molar-refractivity contribution in [1.29, 1.82) is 0 Å². The predicted octanol–water partition coefficient (Wildman–Crippen LogP) is -0.103. The molecule has 1 rings (SSSR count). The van der Waals surface area contributed by atoms with Gasteiger partial charge in [0.2, 0.25) is 0 Å². The van der Waals surface area contributed by atoms with Crippen LogP contribution in [-0.2, 0) is 6.54 Å². The minimum absolute atomic E-state index is 0.308. The van der Waals surface area contributed by atoms with Crippen LogP contribution in [-0.4, -0.2) is 15.7 Å². The second-order valence-electron chi connectivity index (χ2n) is 2.47. The second-order valence-corrected chi connectivity index (χ2v) is 2.47. The summed E-state index contributed by atoms with van der Waals surface area (Å²) in [6.07, 6.45) is 4.16. The summed E-state index contributed by atoms with van der Waals surface area (Å²) in [7, 11) is 0. The molecule has 0 aliphatic rings. The lowest BCUT2D eigenvalue weighted by atomic mass is 10.3. The second kappa shape index (κ2) is 3.87. The standard InChI is InChI=1S/C7H12N4O/c1-2-3-11-5-6(4-9-11)7(12)10-8/h4-5H,2-3,8H2,1H3,(H,10,12). The maximum absolute atomic E-state index is 10.9. The lowest BCUT2D eigenvalue weighted by Gasteiger charge is -1.95. The van der Waals surface area contributed by atoms with E-state index in [0.29, 0.717) is 5.56 Å². The largest absolute Gasteiger partial charge is 0.290 e. The van der Waals surface area contributed by atoms with Crippen LogP contribution in [0.25, 0.3) is 0 Å². The van der Waals surface area contributed by atoms with E-state index in [1.54, 1.807) is 10.9 Å². The zero-order valence-electron chi connectivity index (χ0n) is 6.95. The maximum Gasteiger partial charge on any atom is 0.268 e. The molecule has 0 saturated heterocycles. The molecular formula is C7H12N4O. The van der Waals surface area contributed by atoms with Crippen molar-refractivity contribution in [2.45, 2.75) is 19.9 Å². The van der Waals surface area contributed by atoms with Crippen LogP contribution in [0.1, 0.15) is 23.7 Å². The van der Waals surface area contributed by atoms with Gasteiger partial charge in [-0.3, -0.25) is 14.9 Å². The van der Waals surface area contributed by atoms with Gasteiger partial charge in [-0.15, -0.1) is 0 Å². The van der Waals surface area contributed by atoms with Gasteiger partial charge in [0.1, 0.15) is 0 Å². The Morgan fingerprint density at radius 1 is 1.83 bits per heavy atom. The van der Waals surface area contributed by atoms with Gasteiger partial charge in [-0.2, -0.15) is 5.10 Å². The highest BCUT2D eigenvalue weighted by atomic mass is 16.2. The Labute approximate surface area is 70.5 Å². The van der Waals surface area contributed by atoms with Crippen molar-refractivity contribution < 1.29 is 4.79 Å². The molecule has 1 heterocycles. The van der Waals surface area contributed by atoms with Crippen LogP contribution >= 0.6 is 0 Å². The minimum atomic E-state index is -0.308. The van der Waals surface area contributed by atoms with Gasteiger partial charge < -0.3 is 0 Å². The molecule has 0 aromatic carbocycles. The molecule has 1 aromatic heterocycles. The van der Waals surface area contributed by atoms with Crippen LogP contribution in [0, 0.1) is 0 Å². The third kappa shape index (κ3) is 1.82. The fourth-order valence-electron chi connectivity index (χ4n) is 0.916. The van der Waals surface area contributed by atoms with Gasteiger partial charge in [0, 0.05) is 12.7 Å². The molecule has 5 nitrogen and oxygen atoms in total. The number of hydrogen-bond acceptors (Lipinski definition) is 3. The van der Waals surface area contributed by atoms with Gasteiger partial charge >= 0.3 is 0 Å². The smallest absolute Gasteiger partial charge is 0.268 e. The van der Waals surface area contributed by atoms with E-state index in [-0.39, 0.29) is 5.91 Å². The Bertz CT molecular complexity index is 268. The normalized spacial score (nSPS) is 9.83. The van der Waals surface area contributed by atoms with Crippen LogP contribution in [0.5, 0.6) is 0 Å². The number of nitrogen functional groups attached to an aromatic ring is 1. The van der Waals surface area contributed by atoms with E-state index < -0.39 is 0 Å². The molecule has 1 aromatic rings. The molecule has 0 bridgehead atoms. The van der Waals surface area contributed by atoms with E-state index in [0.717, 1.165) is 13.0 Å². The fourth-order valence-corrected chi connectivity index (χ4v) is 0.916. The molecule has 1 amide bonds. The molecular weight excluding hydrogens is 156 g/mol. The highest BCUT2D eigenvalue weighted by molar-refractivity contribution is 5.93. The van der Waals surface area contributed by atoms with Crippen molar-refractivity contribution in [3.05, 3.63) is 18.0 Å². The monoisotopic (exact) mass is 168 g/mol. The Morgan fingerprint density at radius 3 is 3.17 bits per heavy atom. The van der Waals surface area contributed by atoms with Crippen molar-refractivity contribution in [2.75, 3.05) is 0 Å². The average molecular weight is 168 g/mol. The Hall–Kier alpha value is -1.36. The molecule has 5 heteroatoms. The Morgan fingerprint density at radius 2 is 2.58 bits per heavy atom. The number of carbonyl (C=O) groups excluding carboxylic acids is 1. The summed E-state index contributed by atoms with van der Waals surface area (Å²) < 4.78 is 1.71. The molecule has 0 saturated carbocycles. The van der Waals surface area contributed by atoms with Crippen molar-refractivity contribution in [3.8, 4) is 0 Å². The first-order valence-corrected chi connectivity index (χ1v) is 3.81. The molecule has 0 spiro atoms. The van der Waals surface area contributed by atoms with Gasteiger partial charge in [0.15, 0.2) is 0 Å². The average Bonchev–Trinajstić information content (AvgIpc) is 2.52. The van der Waals surface area contributed by atoms with Crippen LogP contribution in [0.3, 0.4) is 0 Å². The van der Waals surface area contributed by atoms with E-state index in [1.165, 1.54) is 6.20 Å². The van der Waals surface area contributed by atoms with Crippen LogP contribution in [0.15, 0.2) is 12.4 Å². The summed E-state index contributed by atoms with van der Waals surface area (Å²) in [5.41, 5.74) is 2.54. The SMILES string of the molecule is CCCn1cc(C(=O)NN)cn1. The van der Waals surface area contributed by atoms with Crippen LogP contribution < -0.4 is 11.3 Å². The first-order chi connectivity index (χ1) is 5.77. The summed E-state index contributed by atoms with van der Waals surface area (Å²) in [6.45, 7) is 2.86. The van der Waals surface area contributed by atoms with Crippen LogP contribution in [0.4, 0.5) is 0 Å². The van der Waals surface area contributed by atoms with Gasteiger partial charge in [-0.05, 0) is 6.42 Å². The number of nitrogens with one attached hydrogen (secondary N) is 1. The summed E-state index contributed by atoms with van der Waals surface area (Å²) in [5, 5.41) is 3.98. The molecule has 0 fully saturated rings. The van der Waals surface area contributed by atoms with E-state index in [2.05, 4.69) is 5.10 Å². The number of amides is 1. The molecule has 0 aliphatic heterocycles. The zero-order chi connectivity index (χ0) is 8.97. The molecule has 0 unspecified atom stereocenters. The molecule has 0 aliphatic carbocycles. The summed E-state index contributed by atoms with van der Waals surface area (Å²) >= 11 is 0. The van der Waals surface area contributed by atoms with E-state index >= 15 is 0 Å². The predicted molar refractivity (Wildman–Crippen MR) is 44.2 cm³/mol. The quantitative estimate of drug-likeness (QED) is 0.376. The third-order valence-corrected chi connectivity index (χ3v) is 1.48. The molecule has 3 N–H and O–H groups in total. The molecule has 0 radical (unpaired) electrons. The highest BCUT2D eigenvalue weighted by Gasteiger charge is 2.05. The Balaban J connectivity index is 2.70. The number of aryl methyl sites for hydroxylation is 1. The van der Waals surface area contributed by atoms with Gasteiger partial charge in [0.05, 0.1) is 11.8 Å². The third-order valence-electron chi connectivity index (χ3n) is 1.48.